The molecule has 0 unspecified atom stereocenters. The Morgan fingerprint density at radius 3 is 2.40 bits per heavy atom. The first kappa shape index (κ1) is 15.3. The molecule has 0 fully saturated rings. The number of thioether (sulfide) groups is 1. The minimum Gasteiger partial charge on any atom is -0.298 e. The van der Waals surface area contributed by atoms with Gasteiger partial charge in [0.05, 0.1) is 5.75 Å². The van der Waals surface area contributed by atoms with E-state index in [4.69, 9.17) is 0 Å². The van der Waals surface area contributed by atoms with Gasteiger partial charge >= 0.3 is 0 Å². The van der Waals surface area contributed by atoms with E-state index in [1.54, 1.807) is 11.8 Å². The molecule has 0 radical (unpaired) electrons. The monoisotopic (exact) mass is 348 g/mol. The lowest BCUT2D eigenvalue weighted by atomic mass is 10.0. The number of hydrogen-bond acceptors (Lipinski definition) is 2. The van der Waals surface area contributed by atoms with Gasteiger partial charge in [-0.2, -0.15) is 0 Å². The number of ketones is 1. The quantitative estimate of drug-likeness (QED) is 0.709. The highest BCUT2D eigenvalue weighted by Gasteiger charge is 2.07. The fourth-order valence-corrected chi connectivity index (χ4v) is 3.60. The van der Waals surface area contributed by atoms with Crippen LogP contribution in [0.4, 0.5) is 0 Å². The minimum atomic E-state index is 0.260. The molecule has 2 aromatic rings. The molecule has 0 aliphatic carbocycles. The zero-order valence-corrected chi connectivity index (χ0v) is 14.1. The van der Waals surface area contributed by atoms with Crippen molar-refractivity contribution in [1.29, 1.82) is 0 Å². The van der Waals surface area contributed by atoms with Crippen molar-refractivity contribution >= 4 is 33.5 Å². The minimum absolute atomic E-state index is 0.260. The van der Waals surface area contributed by atoms with Gasteiger partial charge in [0.1, 0.15) is 5.78 Å². The molecule has 0 N–H and O–H groups in total. The van der Waals surface area contributed by atoms with Crippen molar-refractivity contribution in [3.05, 3.63) is 63.6 Å². The van der Waals surface area contributed by atoms with Gasteiger partial charge in [-0.05, 0) is 47.5 Å². The van der Waals surface area contributed by atoms with Crippen LogP contribution in [0.3, 0.4) is 0 Å². The van der Waals surface area contributed by atoms with Crippen molar-refractivity contribution in [1.82, 2.24) is 0 Å². The number of hydrogen-bond donors (Lipinski definition) is 0. The molecule has 0 aliphatic rings. The van der Waals surface area contributed by atoms with Crippen molar-refractivity contribution in [2.24, 2.45) is 0 Å². The molecule has 0 heterocycles. The first-order valence-electron chi connectivity index (χ1n) is 6.51. The summed E-state index contributed by atoms with van der Waals surface area (Å²) in [5.41, 5.74) is 3.54. The molecular formula is C17H17BrOS. The third-order valence-corrected chi connectivity index (χ3v) is 5.00. The molecule has 0 aromatic heterocycles. The van der Waals surface area contributed by atoms with E-state index in [1.165, 1.54) is 11.1 Å². The van der Waals surface area contributed by atoms with Gasteiger partial charge in [-0.3, -0.25) is 4.79 Å². The van der Waals surface area contributed by atoms with Crippen LogP contribution < -0.4 is 0 Å². The average Bonchev–Trinajstić information content (AvgIpc) is 2.36. The lowest BCUT2D eigenvalue weighted by molar-refractivity contribution is -0.116. The van der Waals surface area contributed by atoms with Crippen LogP contribution in [0.5, 0.6) is 0 Å². The van der Waals surface area contributed by atoms with E-state index in [2.05, 4.69) is 48.0 Å². The van der Waals surface area contributed by atoms with Gasteiger partial charge in [-0.1, -0.05) is 41.5 Å². The highest BCUT2D eigenvalue weighted by atomic mass is 79.9. The van der Waals surface area contributed by atoms with Crippen LogP contribution in [0.1, 0.15) is 16.7 Å². The first-order chi connectivity index (χ1) is 9.54. The zero-order valence-electron chi connectivity index (χ0n) is 11.7. The molecule has 0 saturated heterocycles. The van der Waals surface area contributed by atoms with Gasteiger partial charge < -0.3 is 0 Å². The number of Topliss-reactive ketones (excluding diaryl/α,β-unsaturated/α-hetero) is 1. The maximum Gasteiger partial charge on any atom is 0.147 e. The fraction of sp³-hybridized carbons (Fsp3) is 0.235. The van der Waals surface area contributed by atoms with Gasteiger partial charge in [0.25, 0.3) is 0 Å². The van der Waals surface area contributed by atoms with Gasteiger partial charge in [-0.15, -0.1) is 11.8 Å². The Morgan fingerprint density at radius 2 is 1.75 bits per heavy atom. The summed E-state index contributed by atoms with van der Waals surface area (Å²) in [5, 5.41) is 0. The van der Waals surface area contributed by atoms with Crippen molar-refractivity contribution in [2.75, 3.05) is 5.75 Å². The highest BCUT2D eigenvalue weighted by molar-refractivity contribution is 9.10. The van der Waals surface area contributed by atoms with Crippen molar-refractivity contribution < 1.29 is 4.79 Å². The van der Waals surface area contributed by atoms with Crippen LogP contribution in [0.25, 0.3) is 0 Å². The second-order valence-electron chi connectivity index (χ2n) is 4.93. The molecule has 0 bridgehead atoms. The van der Waals surface area contributed by atoms with Gasteiger partial charge in [0.2, 0.25) is 0 Å². The molecule has 104 valence electrons. The lowest BCUT2D eigenvalue weighted by Gasteiger charge is -2.06. The third kappa shape index (κ3) is 4.50. The van der Waals surface area contributed by atoms with Gasteiger partial charge in [0, 0.05) is 15.8 Å². The Hall–Kier alpha value is -1.06. The van der Waals surface area contributed by atoms with Crippen LogP contribution in [0.2, 0.25) is 0 Å². The molecule has 20 heavy (non-hydrogen) atoms. The summed E-state index contributed by atoms with van der Waals surface area (Å²) in [7, 11) is 0. The van der Waals surface area contributed by atoms with Gasteiger partial charge in [-0.25, -0.2) is 0 Å². The molecule has 0 aliphatic heterocycles. The second kappa shape index (κ2) is 7.09. The molecule has 0 spiro atoms. The topological polar surface area (TPSA) is 17.1 Å². The van der Waals surface area contributed by atoms with E-state index in [9.17, 15) is 4.79 Å². The predicted molar refractivity (Wildman–Crippen MR) is 89.5 cm³/mol. The van der Waals surface area contributed by atoms with Crippen LogP contribution in [-0.4, -0.2) is 11.5 Å². The molecule has 0 atom stereocenters. The molecule has 2 aromatic carbocycles. The first-order valence-corrected chi connectivity index (χ1v) is 8.28. The summed E-state index contributed by atoms with van der Waals surface area (Å²) in [6.45, 7) is 4.13. The SMILES string of the molecule is Cc1cc(C)cc(CC(=O)CSc2ccccc2Br)c1. The van der Waals surface area contributed by atoms with E-state index in [-0.39, 0.29) is 5.78 Å². The van der Waals surface area contributed by atoms with E-state index in [1.807, 2.05) is 24.3 Å². The normalized spacial score (nSPS) is 10.6. The predicted octanol–water partition coefficient (Wildman–Crippen LogP) is 4.97. The highest BCUT2D eigenvalue weighted by Crippen LogP contribution is 2.27. The number of benzene rings is 2. The smallest absolute Gasteiger partial charge is 0.147 e. The second-order valence-corrected chi connectivity index (χ2v) is 6.80. The Labute approximate surface area is 132 Å². The number of halogens is 1. The number of rotatable bonds is 5. The zero-order chi connectivity index (χ0) is 14.5. The summed E-state index contributed by atoms with van der Waals surface area (Å²) >= 11 is 5.09. The largest absolute Gasteiger partial charge is 0.298 e. The van der Waals surface area contributed by atoms with Gasteiger partial charge in [0.15, 0.2) is 0 Å². The Kier molecular flexibility index (Phi) is 5.44. The van der Waals surface area contributed by atoms with Crippen LogP contribution in [-0.2, 0) is 11.2 Å². The van der Waals surface area contributed by atoms with Crippen LogP contribution >= 0.6 is 27.7 Å². The number of aryl methyl sites for hydroxylation is 2. The van der Waals surface area contributed by atoms with Crippen LogP contribution in [0, 0.1) is 13.8 Å². The molecule has 3 heteroatoms. The third-order valence-electron chi connectivity index (χ3n) is 2.91. The molecule has 1 nitrogen and oxygen atoms in total. The number of carbonyl (C=O) groups excluding carboxylic acids is 1. The maximum atomic E-state index is 12.1. The molecule has 0 saturated carbocycles. The summed E-state index contributed by atoms with van der Waals surface area (Å²) in [4.78, 5) is 13.2. The average molecular weight is 349 g/mol. The summed E-state index contributed by atoms with van der Waals surface area (Å²) < 4.78 is 1.05. The standard InChI is InChI=1S/C17H17BrOS/c1-12-7-13(2)9-14(8-12)10-15(19)11-20-17-6-4-3-5-16(17)18/h3-9H,10-11H2,1-2H3. The van der Waals surface area contributed by atoms with E-state index in [0.717, 1.165) is 14.9 Å². The molecule has 0 amide bonds. The van der Waals surface area contributed by atoms with E-state index >= 15 is 0 Å². The fourth-order valence-electron chi connectivity index (χ4n) is 2.17. The summed E-state index contributed by atoms with van der Waals surface area (Å²) in [6.07, 6.45) is 0.514. The summed E-state index contributed by atoms with van der Waals surface area (Å²) in [6, 6.07) is 14.3. The van der Waals surface area contributed by atoms with Crippen LogP contribution in [0.15, 0.2) is 51.8 Å². The van der Waals surface area contributed by atoms with E-state index < -0.39 is 0 Å². The number of carbonyl (C=O) groups is 1. The maximum absolute atomic E-state index is 12.1. The Bertz CT molecular complexity index is 602. The van der Waals surface area contributed by atoms with Crippen molar-refractivity contribution in [2.45, 2.75) is 25.2 Å². The Balaban J connectivity index is 1.94. The van der Waals surface area contributed by atoms with Crippen molar-refractivity contribution in [3.63, 3.8) is 0 Å². The lowest BCUT2D eigenvalue weighted by Crippen LogP contribution is -2.06. The van der Waals surface area contributed by atoms with E-state index in [0.29, 0.717) is 12.2 Å². The molecule has 2 rings (SSSR count). The Morgan fingerprint density at radius 1 is 1.10 bits per heavy atom. The van der Waals surface area contributed by atoms with Crippen molar-refractivity contribution in [3.8, 4) is 0 Å². The molecular weight excluding hydrogens is 332 g/mol. The summed E-state index contributed by atoms with van der Waals surface area (Å²) in [5.74, 6) is 0.769.